The molecule has 0 bridgehead atoms. The Labute approximate surface area is 120 Å². The molecule has 2 N–H and O–H groups in total. The summed E-state index contributed by atoms with van der Waals surface area (Å²) in [6, 6.07) is 5.58. The summed E-state index contributed by atoms with van der Waals surface area (Å²) in [5.41, 5.74) is 6.66. The highest BCUT2D eigenvalue weighted by atomic mass is 32.2. The van der Waals surface area contributed by atoms with Crippen LogP contribution in [0, 0.1) is 5.82 Å². The highest BCUT2D eigenvalue weighted by molar-refractivity contribution is 7.89. The zero-order chi connectivity index (χ0) is 14.3. The molecule has 1 aliphatic heterocycles. The molecule has 0 fully saturated rings. The minimum absolute atomic E-state index is 0.209. The second-order valence-corrected chi connectivity index (χ2v) is 7.55. The summed E-state index contributed by atoms with van der Waals surface area (Å²) < 4.78 is 40.2. The first-order chi connectivity index (χ1) is 9.48. The summed E-state index contributed by atoms with van der Waals surface area (Å²) in [5.74, 6) is -0.805. The van der Waals surface area contributed by atoms with Crippen molar-refractivity contribution in [3.8, 4) is 0 Å². The first kappa shape index (κ1) is 13.5. The monoisotopic (exact) mass is 312 g/mol. The van der Waals surface area contributed by atoms with Crippen molar-refractivity contribution in [3.63, 3.8) is 0 Å². The van der Waals surface area contributed by atoms with Gasteiger partial charge in [-0.3, -0.25) is 0 Å². The molecule has 0 atom stereocenters. The maximum Gasteiger partial charge on any atom is 0.246 e. The SMILES string of the molecule is Nc1ccc(S(=O)(=O)N2CCc3sccc3C2)c(F)c1. The highest BCUT2D eigenvalue weighted by Gasteiger charge is 2.30. The lowest BCUT2D eigenvalue weighted by Gasteiger charge is -2.26. The van der Waals surface area contributed by atoms with Gasteiger partial charge in [-0.05, 0) is 41.6 Å². The third-order valence-corrected chi connectivity index (χ3v) is 6.25. The largest absolute Gasteiger partial charge is 0.399 e. The number of benzene rings is 1. The van der Waals surface area contributed by atoms with Crippen LogP contribution in [0.1, 0.15) is 10.4 Å². The van der Waals surface area contributed by atoms with Crippen LogP contribution < -0.4 is 5.73 Å². The number of fused-ring (bicyclic) bond motifs is 1. The fraction of sp³-hybridized carbons (Fsp3) is 0.231. The molecule has 0 radical (unpaired) electrons. The topological polar surface area (TPSA) is 63.4 Å². The first-order valence-corrected chi connectivity index (χ1v) is 8.41. The van der Waals surface area contributed by atoms with Crippen molar-refractivity contribution in [1.29, 1.82) is 0 Å². The van der Waals surface area contributed by atoms with Crippen LogP contribution in [-0.4, -0.2) is 19.3 Å². The molecule has 0 saturated carbocycles. The molecular weight excluding hydrogens is 299 g/mol. The van der Waals surface area contributed by atoms with E-state index >= 15 is 0 Å². The normalized spacial score (nSPS) is 16.1. The van der Waals surface area contributed by atoms with Gasteiger partial charge in [-0.2, -0.15) is 4.31 Å². The van der Waals surface area contributed by atoms with E-state index in [1.165, 1.54) is 21.3 Å². The van der Waals surface area contributed by atoms with Crippen LogP contribution in [0.5, 0.6) is 0 Å². The predicted molar refractivity (Wildman–Crippen MR) is 76.4 cm³/mol. The average molecular weight is 312 g/mol. The number of hydrogen-bond acceptors (Lipinski definition) is 4. The van der Waals surface area contributed by atoms with Crippen molar-refractivity contribution >= 4 is 27.0 Å². The molecule has 106 valence electrons. The molecule has 0 spiro atoms. The van der Waals surface area contributed by atoms with Gasteiger partial charge in [-0.25, -0.2) is 12.8 Å². The van der Waals surface area contributed by atoms with Crippen molar-refractivity contribution in [3.05, 3.63) is 45.9 Å². The number of hydrogen-bond donors (Lipinski definition) is 1. The fourth-order valence-electron chi connectivity index (χ4n) is 2.29. The Morgan fingerprint density at radius 2 is 2.10 bits per heavy atom. The highest BCUT2D eigenvalue weighted by Crippen LogP contribution is 2.29. The molecular formula is C13H13FN2O2S2. The van der Waals surface area contributed by atoms with E-state index in [1.807, 2.05) is 11.4 Å². The minimum atomic E-state index is -3.82. The number of thiophene rings is 1. The number of sulfonamides is 1. The molecule has 2 aromatic rings. The van der Waals surface area contributed by atoms with Crippen LogP contribution >= 0.6 is 11.3 Å². The second kappa shape index (κ2) is 4.83. The van der Waals surface area contributed by atoms with Crippen molar-refractivity contribution in [2.24, 2.45) is 0 Å². The van der Waals surface area contributed by atoms with Crippen molar-refractivity contribution in [2.45, 2.75) is 17.9 Å². The molecule has 0 amide bonds. The van der Waals surface area contributed by atoms with E-state index in [0.29, 0.717) is 19.5 Å². The number of rotatable bonds is 2. The van der Waals surface area contributed by atoms with Gasteiger partial charge in [0.1, 0.15) is 10.7 Å². The quantitative estimate of drug-likeness (QED) is 0.865. The second-order valence-electron chi connectivity index (χ2n) is 4.65. The van der Waals surface area contributed by atoms with Crippen molar-refractivity contribution < 1.29 is 12.8 Å². The predicted octanol–water partition coefficient (Wildman–Crippen LogP) is 2.22. The summed E-state index contributed by atoms with van der Waals surface area (Å²) in [5, 5.41) is 1.95. The number of nitrogen functional groups attached to an aromatic ring is 1. The third-order valence-electron chi connectivity index (χ3n) is 3.35. The third kappa shape index (κ3) is 2.21. The number of anilines is 1. The van der Waals surface area contributed by atoms with Crippen LogP contribution in [0.4, 0.5) is 10.1 Å². The van der Waals surface area contributed by atoms with Gasteiger partial charge in [-0.15, -0.1) is 11.3 Å². The molecule has 4 nitrogen and oxygen atoms in total. The summed E-state index contributed by atoms with van der Waals surface area (Å²) in [7, 11) is -3.82. The van der Waals surface area contributed by atoms with E-state index in [2.05, 4.69) is 0 Å². The first-order valence-electron chi connectivity index (χ1n) is 6.09. The standard InChI is InChI=1S/C13H13FN2O2S2/c14-11-7-10(15)1-2-13(11)20(17,18)16-5-3-12-9(8-16)4-6-19-12/h1-2,4,6-7H,3,5,8,15H2. The zero-order valence-electron chi connectivity index (χ0n) is 10.5. The van der Waals surface area contributed by atoms with Gasteiger partial charge >= 0.3 is 0 Å². The maximum atomic E-state index is 13.9. The summed E-state index contributed by atoms with van der Waals surface area (Å²) >= 11 is 1.63. The Balaban J connectivity index is 1.97. The molecule has 1 aromatic carbocycles. The van der Waals surface area contributed by atoms with E-state index in [4.69, 9.17) is 5.73 Å². The Morgan fingerprint density at radius 3 is 2.85 bits per heavy atom. The fourth-order valence-corrected chi connectivity index (χ4v) is 4.65. The molecule has 1 aromatic heterocycles. The van der Waals surface area contributed by atoms with Gasteiger partial charge in [0, 0.05) is 23.7 Å². The van der Waals surface area contributed by atoms with Gasteiger partial charge in [-0.1, -0.05) is 0 Å². The van der Waals surface area contributed by atoms with Crippen LogP contribution in [0.25, 0.3) is 0 Å². The van der Waals surface area contributed by atoms with E-state index < -0.39 is 15.8 Å². The van der Waals surface area contributed by atoms with Crippen LogP contribution in [0.2, 0.25) is 0 Å². The number of nitrogens with zero attached hydrogens (tertiary/aromatic N) is 1. The lowest BCUT2D eigenvalue weighted by atomic mass is 10.1. The molecule has 7 heteroatoms. The summed E-state index contributed by atoms with van der Waals surface area (Å²) in [4.78, 5) is 0.889. The summed E-state index contributed by atoms with van der Waals surface area (Å²) in [6.07, 6.45) is 0.669. The zero-order valence-corrected chi connectivity index (χ0v) is 12.2. The van der Waals surface area contributed by atoms with Gasteiger partial charge in [0.05, 0.1) is 0 Å². The van der Waals surface area contributed by atoms with Gasteiger partial charge in [0.2, 0.25) is 10.0 Å². The van der Waals surface area contributed by atoms with E-state index in [-0.39, 0.29) is 10.6 Å². The van der Waals surface area contributed by atoms with Crippen molar-refractivity contribution in [2.75, 3.05) is 12.3 Å². The van der Waals surface area contributed by atoms with Crippen LogP contribution in [0.3, 0.4) is 0 Å². The smallest absolute Gasteiger partial charge is 0.246 e. The van der Waals surface area contributed by atoms with E-state index in [0.717, 1.165) is 11.6 Å². The Bertz CT molecular complexity index is 755. The molecule has 20 heavy (non-hydrogen) atoms. The van der Waals surface area contributed by atoms with Crippen LogP contribution in [-0.2, 0) is 23.0 Å². The molecule has 1 aliphatic rings. The average Bonchev–Trinajstić information content (AvgIpc) is 2.85. The lowest BCUT2D eigenvalue weighted by molar-refractivity contribution is 0.391. The molecule has 2 heterocycles. The van der Waals surface area contributed by atoms with E-state index in [1.54, 1.807) is 11.3 Å². The number of halogens is 1. The molecule has 0 saturated heterocycles. The van der Waals surface area contributed by atoms with Gasteiger partial charge in [0.25, 0.3) is 0 Å². The molecule has 0 unspecified atom stereocenters. The summed E-state index contributed by atoms with van der Waals surface area (Å²) in [6.45, 7) is 0.671. The molecule has 3 rings (SSSR count). The van der Waals surface area contributed by atoms with Gasteiger partial charge in [0.15, 0.2) is 0 Å². The minimum Gasteiger partial charge on any atom is -0.399 e. The van der Waals surface area contributed by atoms with Gasteiger partial charge < -0.3 is 5.73 Å². The molecule has 0 aliphatic carbocycles. The Morgan fingerprint density at radius 1 is 1.30 bits per heavy atom. The van der Waals surface area contributed by atoms with E-state index in [9.17, 15) is 12.8 Å². The Kier molecular flexibility index (Phi) is 3.27. The Hall–Kier alpha value is -1.44. The lowest BCUT2D eigenvalue weighted by Crippen LogP contribution is -2.35. The van der Waals surface area contributed by atoms with Crippen LogP contribution in [0.15, 0.2) is 34.5 Å². The van der Waals surface area contributed by atoms with Crippen molar-refractivity contribution in [1.82, 2.24) is 4.31 Å². The maximum absolute atomic E-state index is 13.9. The number of nitrogens with two attached hydrogens (primary N) is 1.